The first kappa shape index (κ1) is 13.8. The van der Waals surface area contributed by atoms with Gasteiger partial charge in [0.05, 0.1) is 13.1 Å². The molecule has 6 heteroatoms. The Balaban J connectivity index is 1.80. The third kappa shape index (κ3) is 3.65. The Labute approximate surface area is 115 Å². The second-order valence-electron chi connectivity index (χ2n) is 4.68. The van der Waals surface area contributed by atoms with Crippen LogP contribution in [-0.2, 0) is 14.3 Å². The average Bonchev–Trinajstić information content (AvgIpc) is 2.83. The number of likely N-dealkylation sites (tertiary alicyclic amines) is 1. The molecule has 1 aromatic rings. The Morgan fingerprint density at radius 1 is 1.58 bits per heavy atom. The number of carboxylic acid groups (broad SMARTS) is 1. The van der Waals surface area contributed by atoms with Gasteiger partial charge in [-0.25, -0.2) is 4.79 Å². The maximum Gasteiger partial charge on any atom is 0.329 e. The van der Waals surface area contributed by atoms with Crippen molar-refractivity contribution in [3.8, 4) is 0 Å². The fourth-order valence-electron chi connectivity index (χ4n) is 1.89. The van der Waals surface area contributed by atoms with Gasteiger partial charge in [0.25, 0.3) is 0 Å². The van der Waals surface area contributed by atoms with Crippen molar-refractivity contribution in [3.63, 3.8) is 0 Å². The summed E-state index contributed by atoms with van der Waals surface area (Å²) in [6.07, 6.45) is 3.31. The van der Waals surface area contributed by atoms with Crippen molar-refractivity contribution < 1.29 is 19.4 Å². The smallest absolute Gasteiger partial charge is 0.329 e. The predicted octanol–water partition coefficient (Wildman–Crippen LogP) is 1.46. The minimum Gasteiger partial charge on any atom is -0.480 e. The number of thiophene rings is 1. The maximum atomic E-state index is 11.8. The van der Waals surface area contributed by atoms with Crippen molar-refractivity contribution in [3.05, 3.63) is 28.5 Å². The minimum atomic E-state index is -0.997. The van der Waals surface area contributed by atoms with Crippen LogP contribution in [0.3, 0.4) is 0 Å². The summed E-state index contributed by atoms with van der Waals surface area (Å²) in [6, 6.07) is 3.86. The summed E-state index contributed by atoms with van der Waals surface area (Å²) in [5.41, 5.74) is -0.537. The van der Waals surface area contributed by atoms with Gasteiger partial charge in [0.15, 0.2) is 0 Å². The van der Waals surface area contributed by atoms with E-state index < -0.39 is 11.6 Å². The Morgan fingerprint density at radius 2 is 2.32 bits per heavy atom. The van der Waals surface area contributed by atoms with Gasteiger partial charge < -0.3 is 14.7 Å². The maximum absolute atomic E-state index is 11.8. The molecule has 1 aromatic heterocycles. The molecule has 0 aromatic carbocycles. The molecular formula is C13H15NO4S. The van der Waals surface area contributed by atoms with E-state index in [1.807, 2.05) is 24.4 Å². The number of nitrogens with zero attached hydrogens (tertiary/aromatic N) is 1. The molecule has 1 aliphatic heterocycles. The summed E-state index contributed by atoms with van der Waals surface area (Å²) in [4.78, 5) is 24.9. The van der Waals surface area contributed by atoms with Gasteiger partial charge in [-0.05, 0) is 24.4 Å². The van der Waals surface area contributed by atoms with Crippen molar-refractivity contribution in [2.75, 3.05) is 19.7 Å². The third-order valence-electron chi connectivity index (χ3n) is 2.84. The first-order chi connectivity index (χ1) is 8.98. The van der Waals surface area contributed by atoms with E-state index in [9.17, 15) is 9.59 Å². The highest BCUT2D eigenvalue weighted by atomic mass is 32.1. The zero-order valence-corrected chi connectivity index (χ0v) is 11.4. The largest absolute Gasteiger partial charge is 0.480 e. The van der Waals surface area contributed by atoms with E-state index in [0.717, 1.165) is 4.88 Å². The zero-order valence-electron chi connectivity index (χ0n) is 10.5. The molecule has 0 unspecified atom stereocenters. The fraction of sp³-hybridized carbons (Fsp3) is 0.385. The number of ether oxygens (including phenoxy) is 1. The molecule has 0 bridgehead atoms. The topological polar surface area (TPSA) is 66.8 Å². The number of hydrogen-bond donors (Lipinski definition) is 1. The van der Waals surface area contributed by atoms with Crippen molar-refractivity contribution in [2.24, 2.45) is 0 Å². The Kier molecular flexibility index (Phi) is 4.01. The van der Waals surface area contributed by atoms with Crippen LogP contribution < -0.4 is 0 Å². The number of hydrogen-bond acceptors (Lipinski definition) is 4. The molecular weight excluding hydrogens is 266 g/mol. The fourth-order valence-corrected chi connectivity index (χ4v) is 2.51. The SMILES string of the molecule is CC1(OCC(=O)O)CN(C(=O)/C=C/c2cccs2)C1. The van der Waals surface area contributed by atoms with Crippen LogP contribution in [0.25, 0.3) is 6.08 Å². The molecule has 0 spiro atoms. The highest BCUT2D eigenvalue weighted by Crippen LogP contribution is 2.25. The summed E-state index contributed by atoms with van der Waals surface area (Å²) in [6.45, 7) is 2.33. The molecule has 5 nitrogen and oxygen atoms in total. The van der Waals surface area contributed by atoms with Crippen LogP contribution in [0.4, 0.5) is 0 Å². The Morgan fingerprint density at radius 3 is 2.89 bits per heavy atom. The van der Waals surface area contributed by atoms with Crippen LogP contribution in [-0.4, -0.2) is 47.2 Å². The van der Waals surface area contributed by atoms with E-state index in [2.05, 4.69) is 0 Å². The van der Waals surface area contributed by atoms with Crippen LogP contribution in [0.5, 0.6) is 0 Å². The number of carbonyl (C=O) groups excluding carboxylic acids is 1. The first-order valence-corrected chi connectivity index (χ1v) is 6.73. The summed E-state index contributed by atoms with van der Waals surface area (Å²) >= 11 is 1.57. The van der Waals surface area contributed by atoms with E-state index in [4.69, 9.17) is 9.84 Å². The van der Waals surface area contributed by atoms with Crippen LogP contribution in [0, 0.1) is 0 Å². The lowest BCUT2D eigenvalue weighted by Crippen LogP contribution is -2.63. The standard InChI is InChI=1S/C13H15NO4S/c1-13(18-7-12(16)17)8-14(9-13)11(15)5-4-10-3-2-6-19-10/h2-6H,7-9H2,1H3,(H,16,17)/b5-4+. The van der Waals surface area contributed by atoms with Crippen LogP contribution >= 0.6 is 11.3 Å². The highest BCUT2D eigenvalue weighted by molar-refractivity contribution is 7.10. The monoisotopic (exact) mass is 281 g/mol. The predicted molar refractivity (Wildman–Crippen MR) is 71.9 cm³/mol. The molecule has 0 aliphatic carbocycles. The van der Waals surface area contributed by atoms with Crippen molar-refractivity contribution in [1.29, 1.82) is 0 Å². The van der Waals surface area contributed by atoms with Gasteiger partial charge in [-0.2, -0.15) is 0 Å². The van der Waals surface area contributed by atoms with Gasteiger partial charge >= 0.3 is 5.97 Å². The van der Waals surface area contributed by atoms with E-state index in [1.165, 1.54) is 6.08 Å². The van der Waals surface area contributed by atoms with E-state index in [1.54, 1.807) is 22.3 Å². The van der Waals surface area contributed by atoms with E-state index in [-0.39, 0.29) is 12.5 Å². The number of carboxylic acids is 1. The molecule has 0 atom stereocenters. The molecule has 2 heterocycles. The molecule has 1 fully saturated rings. The summed E-state index contributed by atoms with van der Waals surface area (Å²) in [5.74, 6) is -1.08. The minimum absolute atomic E-state index is 0.0789. The molecule has 1 N–H and O–H groups in total. The van der Waals surface area contributed by atoms with Gasteiger partial charge in [0.1, 0.15) is 12.2 Å². The van der Waals surface area contributed by atoms with Crippen molar-refractivity contribution in [2.45, 2.75) is 12.5 Å². The molecule has 2 rings (SSSR count). The summed E-state index contributed by atoms with van der Waals surface area (Å²) < 4.78 is 5.24. The van der Waals surface area contributed by atoms with E-state index >= 15 is 0 Å². The highest BCUT2D eigenvalue weighted by Gasteiger charge is 2.42. The Bertz CT molecular complexity index is 489. The normalized spacial score (nSPS) is 17.4. The number of rotatable bonds is 5. The number of amides is 1. The van der Waals surface area contributed by atoms with Crippen molar-refractivity contribution >= 4 is 29.3 Å². The molecule has 1 aliphatic rings. The van der Waals surface area contributed by atoms with Gasteiger partial charge in [0.2, 0.25) is 5.91 Å². The lowest BCUT2D eigenvalue weighted by molar-refractivity contribution is -0.170. The van der Waals surface area contributed by atoms with E-state index in [0.29, 0.717) is 13.1 Å². The lowest BCUT2D eigenvalue weighted by atomic mass is 9.96. The molecule has 0 saturated carbocycles. The summed E-state index contributed by atoms with van der Waals surface area (Å²) in [5, 5.41) is 10.5. The van der Waals surface area contributed by atoms with Crippen molar-refractivity contribution in [1.82, 2.24) is 4.90 Å². The quantitative estimate of drug-likeness (QED) is 0.830. The molecule has 102 valence electrons. The van der Waals surface area contributed by atoms with Crippen LogP contribution in [0.1, 0.15) is 11.8 Å². The molecule has 19 heavy (non-hydrogen) atoms. The second-order valence-corrected chi connectivity index (χ2v) is 5.65. The zero-order chi connectivity index (χ0) is 13.9. The van der Waals surface area contributed by atoms with Gasteiger partial charge in [-0.3, -0.25) is 4.79 Å². The van der Waals surface area contributed by atoms with Gasteiger partial charge in [0, 0.05) is 11.0 Å². The molecule has 0 radical (unpaired) electrons. The van der Waals surface area contributed by atoms with Gasteiger partial charge in [-0.15, -0.1) is 11.3 Å². The Hall–Kier alpha value is -1.66. The second kappa shape index (κ2) is 5.54. The van der Waals surface area contributed by atoms with Crippen LogP contribution in [0.2, 0.25) is 0 Å². The molecule has 1 saturated heterocycles. The lowest BCUT2D eigenvalue weighted by Gasteiger charge is -2.46. The summed E-state index contributed by atoms with van der Waals surface area (Å²) in [7, 11) is 0. The number of aliphatic carboxylic acids is 1. The van der Waals surface area contributed by atoms with Crippen LogP contribution in [0.15, 0.2) is 23.6 Å². The van der Waals surface area contributed by atoms with Gasteiger partial charge in [-0.1, -0.05) is 6.07 Å². The average molecular weight is 281 g/mol. The first-order valence-electron chi connectivity index (χ1n) is 5.85. The molecule has 1 amide bonds. The third-order valence-corrected chi connectivity index (χ3v) is 3.68. The number of carbonyl (C=O) groups is 2.